The summed E-state index contributed by atoms with van der Waals surface area (Å²) >= 11 is 0. The van der Waals surface area contributed by atoms with Gasteiger partial charge in [0.25, 0.3) is 5.91 Å². The molecule has 0 aromatic heterocycles. The Bertz CT molecular complexity index is 1030. The third-order valence-corrected chi connectivity index (χ3v) is 5.88. The molecule has 2 aromatic rings. The van der Waals surface area contributed by atoms with Crippen LogP contribution in [0, 0.1) is 0 Å². The molecule has 2 amide bonds. The van der Waals surface area contributed by atoms with E-state index in [1.165, 1.54) is 0 Å². The molecule has 0 unspecified atom stereocenters. The van der Waals surface area contributed by atoms with Crippen LogP contribution < -0.4 is 20.8 Å². The van der Waals surface area contributed by atoms with Crippen LogP contribution in [0.3, 0.4) is 0 Å². The second-order valence-corrected chi connectivity index (χ2v) is 9.44. The minimum Gasteiger partial charge on any atom is -0.494 e. The maximum absolute atomic E-state index is 13.2. The van der Waals surface area contributed by atoms with Crippen LogP contribution in [-0.2, 0) is 20.4 Å². The quantitative estimate of drug-likeness (QED) is 0.471. The predicted molar refractivity (Wildman–Crippen MR) is 122 cm³/mol. The Morgan fingerprint density at radius 2 is 1.84 bits per heavy atom. The summed E-state index contributed by atoms with van der Waals surface area (Å²) in [6.07, 6.45) is 0. The molecular formula is C22H26N4O4S. The number of hydrogen-bond acceptors (Lipinski definition) is 6. The van der Waals surface area contributed by atoms with E-state index in [4.69, 9.17) is 4.74 Å². The van der Waals surface area contributed by atoms with Gasteiger partial charge in [-0.15, -0.1) is 0 Å². The van der Waals surface area contributed by atoms with Gasteiger partial charge in [0.2, 0.25) is 5.91 Å². The van der Waals surface area contributed by atoms with Gasteiger partial charge in [-0.25, -0.2) is 0 Å². The molecule has 0 spiro atoms. The van der Waals surface area contributed by atoms with Crippen LogP contribution in [0.15, 0.2) is 58.5 Å². The molecule has 31 heavy (non-hydrogen) atoms. The van der Waals surface area contributed by atoms with Gasteiger partial charge < -0.3 is 20.8 Å². The van der Waals surface area contributed by atoms with Crippen LogP contribution in [0.4, 0.5) is 11.4 Å². The molecular weight excluding hydrogens is 416 g/mol. The third-order valence-electron chi connectivity index (χ3n) is 4.23. The number of rotatable bonds is 6. The number of nitrogens with zero attached hydrogens (tertiary/aromatic N) is 1. The molecule has 3 N–H and O–H groups in total. The number of fused-ring (bicyclic) bond motifs is 1. The molecule has 1 aliphatic rings. The van der Waals surface area contributed by atoms with Gasteiger partial charge in [0.05, 0.1) is 28.0 Å². The molecule has 0 saturated heterocycles. The Hall–Kier alpha value is -3.20. The lowest BCUT2D eigenvalue weighted by Gasteiger charge is -2.26. The van der Waals surface area contributed by atoms with Gasteiger partial charge in [0.1, 0.15) is 5.75 Å². The van der Waals surface area contributed by atoms with Crippen molar-refractivity contribution in [3.05, 3.63) is 48.5 Å². The molecule has 1 aliphatic heterocycles. The number of nitrogens with one attached hydrogen (secondary N) is 3. The van der Waals surface area contributed by atoms with E-state index >= 15 is 0 Å². The first kappa shape index (κ1) is 22.5. The second-order valence-electron chi connectivity index (χ2n) is 7.93. The molecule has 2 atom stereocenters. The second kappa shape index (κ2) is 9.30. The lowest BCUT2D eigenvalue weighted by Crippen LogP contribution is -2.48. The summed E-state index contributed by atoms with van der Waals surface area (Å²) in [5.74, 6) is -0.490. The first-order valence-electron chi connectivity index (χ1n) is 9.89. The molecule has 8 nitrogen and oxygen atoms in total. The van der Waals surface area contributed by atoms with Crippen LogP contribution in [0.5, 0.6) is 5.75 Å². The van der Waals surface area contributed by atoms with Gasteiger partial charge in [-0.2, -0.15) is 5.10 Å². The van der Waals surface area contributed by atoms with Crippen LogP contribution >= 0.6 is 0 Å². The number of benzene rings is 2. The number of para-hydroxylation sites is 1. The molecule has 0 bridgehead atoms. The van der Waals surface area contributed by atoms with Gasteiger partial charge in [0.15, 0.2) is 11.0 Å². The van der Waals surface area contributed by atoms with Crippen molar-refractivity contribution in [2.45, 2.75) is 43.4 Å². The Labute approximate surface area is 183 Å². The highest BCUT2D eigenvalue weighted by Gasteiger charge is 2.40. The molecule has 0 fully saturated rings. The fraction of sp³-hybridized carbons (Fsp3) is 0.318. The monoisotopic (exact) mass is 442 g/mol. The minimum absolute atomic E-state index is 0.158. The first-order valence-corrected chi connectivity index (χ1v) is 11.1. The van der Waals surface area contributed by atoms with Gasteiger partial charge in [-0.3, -0.25) is 13.8 Å². The summed E-state index contributed by atoms with van der Waals surface area (Å²) in [5.41, 5.74) is 3.22. The Morgan fingerprint density at radius 1 is 1.16 bits per heavy atom. The maximum atomic E-state index is 13.2. The zero-order valence-corrected chi connectivity index (χ0v) is 18.7. The summed E-state index contributed by atoms with van der Waals surface area (Å²) in [5, 5.41) is 8.41. The molecule has 0 saturated carbocycles. The SMILES string of the molecule is CCOc1ccc(NC(=O)/C(=N/NC(C)(C)C)[C@@H]2C(=O)Nc3ccccc3[S@@]2=O)cc1. The average molecular weight is 443 g/mol. The van der Waals surface area contributed by atoms with Crippen molar-refractivity contribution in [2.75, 3.05) is 17.2 Å². The summed E-state index contributed by atoms with van der Waals surface area (Å²) in [7, 11) is -1.79. The highest BCUT2D eigenvalue weighted by Crippen LogP contribution is 2.28. The number of hydrazone groups is 1. The fourth-order valence-electron chi connectivity index (χ4n) is 2.85. The van der Waals surface area contributed by atoms with Crippen molar-refractivity contribution in [1.82, 2.24) is 5.43 Å². The smallest absolute Gasteiger partial charge is 0.273 e. The fourth-order valence-corrected chi connectivity index (χ4v) is 4.26. The van der Waals surface area contributed by atoms with Gasteiger partial charge in [-0.05, 0) is 64.1 Å². The van der Waals surface area contributed by atoms with Crippen LogP contribution in [0.1, 0.15) is 27.7 Å². The van der Waals surface area contributed by atoms with E-state index in [0.29, 0.717) is 28.6 Å². The van der Waals surface area contributed by atoms with Crippen LogP contribution in [0.2, 0.25) is 0 Å². The topological polar surface area (TPSA) is 109 Å². The molecule has 3 rings (SSSR count). The number of amides is 2. The number of ether oxygens (including phenoxy) is 1. The molecule has 1 heterocycles. The highest BCUT2D eigenvalue weighted by molar-refractivity contribution is 7.88. The van der Waals surface area contributed by atoms with Crippen molar-refractivity contribution in [1.29, 1.82) is 0 Å². The van der Waals surface area contributed by atoms with Crippen LogP contribution in [-0.4, -0.2) is 39.1 Å². The minimum atomic E-state index is -1.79. The largest absolute Gasteiger partial charge is 0.494 e. The first-order chi connectivity index (χ1) is 14.7. The van der Waals surface area contributed by atoms with Crippen molar-refractivity contribution >= 4 is 39.7 Å². The maximum Gasteiger partial charge on any atom is 0.273 e. The highest BCUT2D eigenvalue weighted by atomic mass is 32.2. The zero-order valence-electron chi connectivity index (χ0n) is 17.9. The van der Waals surface area contributed by atoms with Gasteiger partial charge in [0, 0.05) is 11.2 Å². The molecule has 9 heteroatoms. The molecule has 2 aromatic carbocycles. The lowest BCUT2D eigenvalue weighted by molar-refractivity contribution is -0.116. The van der Waals surface area contributed by atoms with E-state index in [0.717, 1.165) is 0 Å². The Morgan fingerprint density at radius 3 is 2.48 bits per heavy atom. The van der Waals surface area contributed by atoms with Crippen molar-refractivity contribution in [3.8, 4) is 5.75 Å². The van der Waals surface area contributed by atoms with Crippen molar-refractivity contribution in [3.63, 3.8) is 0 Å². The summed E-state index contributed by atoms with van der Waals surface area (Å²) < 4.78 is 18.6. The summed E-state index contributed by atoms with van der Waals surface area (Å²) in [4.78, 5) is 26.4. The summed E-state index contributed by atoms with van der Waals surface area (Å²) in [6, 6.07) is 13.6. The van der Waals surface area contributed by atoms with Gasteiger partial charge in [-0.1, -0.05) is 12.1 Å². The Kier molecular flexibility index (Phi) is 6.74. The van der Waals surface area contributed by atoms with E-state index in [1.807, 2.05) is 27.7 Å². The number of carbonyl (C=O) groups is 2. The van der Waals surface area contributed by atoms with Crippen molar-refractivity contribution in [2.24, 2.45) is 5.10 Å². The van der Waals surface area contributed by atoms with E-state index in [9.17, 15) is 13.8 Å². The zero-order chi connectivity index (χ0) is 22.6. The summed E-state index contributed by atoms with van der Waals surface area (Å²) in [6.45, 7) is 8.02. The Balaban J connectivity index is 1.92. The van der Waals surface area contributed by atoms with E-state index < -0.39 is 33.4 Å². The number of hydrogen-bond donors (Lipinski definition) is 3. The third kappa shape index (κ3) is 5.49. The van der Waals surface area contributed by atoms with Crippen molar-refractivity contribution < 1.29 is 18.5 Å². The molecule has 0 aliphatic carbocycles. The average Bonchev–Trinajstić information content (AvgIpc) is 2.71. The normalized spacial score (nSPS) is 18.6. The molecule has 164 valence electrons. The lowest BCUT2D eigenvalue weighted by atomic mass is 10.1. The molecule has 0 radical (unpaired) electrons. The van der Waals surface area contributed by atoms with Crippen LogP contribution in [0.25, 0.3) is 0 Å². The van der Waals surface area contributed by atoms with E-state index in [-0.39, 0.29) is 5.71 Å². The van der Waals surface area contributed by atoms with E-state index in [2.05, 4.69) is 21.2 Å². The number of anilines is 2. The van der Waals surface area contributed by atoms with Gasteiger partial charge >= 0.3 is 0 Å². The van der Waals surface area contributed by atoms with E-state index in [1.54, 1.807) is 48.5 Å². The predicted octanol–water partition coefficient (Wildman–Crippen LogP) is 2.90. The standard InChI is InChI=1S/C22H26N4O4S/c1-5-30-15-12-10-14(11-13-15)23-20(27)18(25-26-22(2,3)4)19-21(28)24-16-8-6-7-9-17(16)31(19)29/h6-13,19,26H,5H2,1-4H3,(H,23,27)(H,24,28)/b25-18+/t19-,31+/m1/s1. The number of carbonyl (C=O) groups excluding carboxylic acids is 2.